The zero-order chi connectivity index (χ0) is 13.2. The third kappa shape index (κ3) is 3.61. The summed E-state index contributed by atoms with van der Waals surface area (Å²) in [5.74, 6) is 0.655. The van der Waals surface area contributed by atoms with Gasteiger partial charge in [0.1, 0.15) is 0 Å². The van der Waals surface area contributed by atoms with Gasteiger partial charge in [0.2, 0.25) is 0 Å². The predicted molar refractivity (Wildman–Crippen MR) is 92.0 cm³/mol. The smallest absolute Gasteiger partial charge is 0.0964 e. The van der Waals surface area contributed by atoms with Crippen LogP contribution in [0.5, 0.6) is 0 Å². The maximum atomic E-state index is 4.85. The fraction of sp³-hybridized carbons (Fsp3) is 0.400. The zero-order valence-corrected chi connectivity index (χ0v) is 14.6. The summed E-state index contributed by atoms with van der Waals surface area (Å²) in [4.78, 5) is 7.25. The number of benzene rings is 1. The fourth-order valence-corrected chi connectivity index (χ4v) is 3.91. The van der Waals surface area contributed by atoms with Gasteiger partial charge >= 0.3 is 0 Å². The van der Waals surface area contributed by atoms with E-state index in [0.29, 0.717) is 5.92 Å². The van der Waals surface area contributed by atoms with Gasteiger partial charge in [-0.05, 0) is 45.1 Å². The molecule has 0 radical (unpaired) electrons. The van der Waals surface area contributed by atoms with Crippen molar-refractivity contribution in [2.24, 2.45) is 0 Å². The molecule has 0 atom stereocenters. The van der Waals surface area contributed by atoms with Crippen molar-refractivity contribution in [2.75, 3.05) is 20.1 Å². The first-order valence-electron chi connectivity index (χ1n) is 6.62. The third-order valence-corrected chi connectivity index (χ3v) is 5.21. The molecule has 0 aliphatic carbocycles. The average Bonchev–Trinajstić information content (AvgIpc) is 2.89. The topological polar surface area (TPSA) is 16.1 Å². The minimum absolute atomic E-state index is 0. The number of likely N-dealkylation sites (tertiary alicyclic amines) is 1. The highest BCUT2D eigenvalue weighted by Gasteiger charge is 2.21. The van der Waals surface area contributed by atoms with Crippen LogP contribution in [0.15, 0.2) is 34.1 Å². The van der Waals surface area contributed by atoms with E-state index in [2.05, 4.69) is 51.5 Å². The molecule has 0 N–H and O–H groups in total. The summed E-state index contributed by atoms with van der Waals surface area (Å²) < 4.78 is 1.11. The summed E-state index contributed by atoms with van der Waals surface area (Å²) in [5.41, 5.74) is 2.31. The molecule has 0 amide bonds. The van der Waals surface area contributed by atoms with Crippen LogP contribution in [0.2, 0.25) is 0 Å². The molecule has 2 aromatic rings. The number of aromatic nitrogens is 1. The molecule has 0 saturated carbocycles. The van der Waals surface area contributed by atoms with Crippen LogP contribution in [0, 0.1) is 0 Å². The SMILES string of the molecule is CN1CCC(c2nc(-c3cccc(Br)c3)cs2)CC1.Cl. The Morgan fingerprint density at radius 1 is 1.30 bits per heavy atom. The van der Waals surface area contributed by atoms with E-state index in [1.54, 1.807) is 0 Å². The second kappa shape index (κ2) is 7.03. The molecular formula is C15H18BrClN2S. The first-order chi connectivity index (χ1) is 9.22. The molecule has 1 aliphatic heterocycles. The Bertz CT molecular complexity index is 565. The van der Waals surface area contributed by atoms with Crippen molar-refractivity contribution in [1.82, 2.24) is 9.88 Å². The number of rotatable bonds is 2. The van der Waals surface area contributed by atoms with E-state index in [1.165, 1.54) is 36.5 Å². The van der Waals surface area contributed by atoms with E-state index in [1.807, 2.05) is 17.4 Å². The van der Waals surface area contributed by atoms with Gasteiger partial charge in [-0.3, -0.25) is 0 Å². The molecule has 2 nitrogen and oxygen atoms in total. The average molecular weight is 374 g/mol. The molecule has 20 heavy (non-hydrogen) atoms. The molecule has 1 aliphatic rings. The molecule has 1 saturated heterocycles. The first kappa shape index (κ1) is 16.0. The minimum atomic E-state index is 0. The Morgan fingerprint density at radius 3 is 2.75 bits per heavy atom. The Morgan fingerprint density at radius 2 is 2.05 bits per heavy atom. The lowest BCUT2D eigenvalue weighted by Gasteiger charge is -2.27. The van der Waals surface area contributed by atoms with Crippen LogP contribution >= 0.6 is 39.7 Å². The van der Waals surface area contributed by atoms with Gasteiger partial charge in [-0.2, -0.15) is 0 Å². The van der Waals surface area contributed by atoms with E-state index in [4.69, 9.17) is 4.98 Å². The van der Waals surface area contributed by atoms with Crippen LogP contribution in [-0.2, 0) is 0 Å². The monoisotopic (exact) mass is 372 g/mol. The first-order valence-corrected chi connectivity index (χ1v) is 8.29. The van der Waals surface area contributed by atoms with Crippen LogP contribution < -0.4 is 0 Å². The quantitative estimate of drug-likeness (QED) is 0.751. The van der Waals surface area contributed by atoms with Crippen molar-refractivity contribution >= 4 is 39.7 Å². The van der Waals surface area contributed by atoms with Crippen molar-refractivity contribution in [1.29, 1.82) is 0 Å². The number of halogens is 2. The van der Waals surface area contributed by atoms with Crippen molar-refractivity contribution in [3.63, 3.8) is 0 Å². The Labute approximate surface area is 138 Å². The zero-order valence-electron chi connectivity index (χ0n) is 11.4. The van der Waals surface area contributed by atoms with Crippen LogP contribution in [0.4, 0.5) is 0 Å². The lowest BCUT2D eigenvalue weighted by molar-refractivity contribution is 0.255. The van der Waals surface area contributed by atoms with E-state index in [0.717, 1.165) is 10.2 Å². The highest BCUT2D eigenvalue weighted by atomic mass is 79.9. The van der Waals surface area contributed by atoms with E-state index in [-0.39, 0.29) is 12.4 Å². The summed E-state index contributed by atoms with van der Waals surface area (Å²) in [6, 6.07) is 8.37. The predicted octanol–water partition coefficient (Wildman–Crippen LogP) is 4.80. The van der Waals surface area contributed by atoms with Gasteiger partial charge in [0.25, 0.3) is 0 Å². The highest BCUT2D eigenvalue weighted by molar-refractivity contribution is 9.10. The second-order valence-corrected chi connectivity index (χ2v) is 6.96. The summed E-state index contributed by atoms with van der Waals surface area (Å²) in [6.07, 6.45) is 2.48. The van der Waals surface area contributed by atoms with Gasteiger partial charge in [0.05, 0.1) is 10.7 Å². The molecule has 2 heterocycles. The van der Waals surface area contributed by atoms with Crippen molar-refractivity contribution in [2.45, 2.75) is 18.8 Å². The number of hydrogen-bond acceptors (Lipinski definition) is 3. The highest BCUT2D eigenvalue weighted by Crippen LogP contribution is 2.33. The molecular weight excluding hydrogens is 356 g/mol. The number of nitrogens with zero attached hydrogens (tertiary/aromatic N) is 2. The standard InChI is InChI=1S/C15H17BrN2S.ClH/c1-18-7-5-11(6-8-18)15-17-14(10-19-15)12-3-2-4-13(16)9-12;/h2-4,9-11H,5-8H2,1H3;1H. The van der Waals surface area contributed by atoms with Crippen molar-refractivity contribution < 1.29 is 0 Å². The summed E-state index contributed by atoms with van der Waals surface area (Å²) in [7, 11) is 2.20. The van der Waals surface area contributed by atoms with E-state index < -0.39 is 0 Å². The van der Waals surface area contributed by atoms with Crippen LogP contribution in [0.1, 0.15) is 23.8 Å². The Hall–Kier alpha value is -0.420. The molecule has 3 rings (SSSR count). The Kier molecular flexibility index (Phi) is 5.61. The van der Waals surface area contributed by atoms with Crippen molar-refractivity contribution in [3.05, 3.63) is 39.1 Å². The maximum absolute atomic E-state index is 4.85. The molecule has 0 unspecified atom stereocenters. The van der Waals surface area contributed by atoms with Crippen LogP contribution in [0.25, 0.3) is 11.3 Å². The molecule has 0 spiro atoms. The molecule has 108 valence electrons. The van der Waals surface area contributed by atoms with E-state index in [9.17, 15) is 0 Å². The fourth-order valence-electron chi connectivity index (χ4n) is 2.51. The summed E-state index contributed by atoms with van der Waals surface area (Å²) >= 11 is 5.33. The van der Waals surface area contributed by atoms with Gasteiger partial charge in [0.15, 0.2) is 0 Å². The van der Waals surface area contributed by atoms with Gasteiger partial charge in [0, 0.05) is 21.3 Å². The normalized spacial score (nSPS) is 16.9. The number of hydrogen-bond donors (Lipinski definition) is 0. The lowest BCUT2D eigenvalue weighted by Crippen LogP contribution is -2.29. The molecule has 0 bridgehead atoms. The molecule has 1 fully saturated rings. The van der Waals surface area contributed by atoms with Gasteiger partial charge < -0.3 is 4.90 Å². The second-order valence-electron chi connectivity index (χ2n) is 5.16. The summed E-state index contributed by atoms with van der Waals surface area (Å²) in [6.45, 7) is 2.38. The van der Waals surface area contributed by atoms with Gasteiger partial charge in [-0.15, -0.1) is 23.7 Å². The molecule has 1 aromatic heterocycles. The minimum Gasteiger partial charge on any atom is -0.306 e. The van der Waals surface area contributed by atoms with Crippen molar-refractivity contribution in [3.8, 4) is 11.3 Å². The number of thiazole rings is 1. The van der Waals surface area contributed by atoms with Gasteiger partial charge in [-0.1, -0.05) is 28.1 Å². The lowest BCUT2D eigenvalue weighted by atomic mass is 9.98. The van der Waals surface area contributed by atoms with Crippen LogP contribution in [-0.4, -0.2) is 30.0 Å². The molecule has 1 aromatic carbocycles. The third-order valence-electron chi connectivity index (χ3n) is 3.71. The largest absolute Gasteiger partial charge is 0.306 e. The van der Waals surface area contributed by atoms with Crippen LogP contribution in [0.3, 0.4) is 0 Å². The molecule has 5 heteroatoms. The van der Waals surface area contributed by atoms with E-state index >= 15 is 0 Å². The van der Waals surface area contributed by atoms with Gasteiger partial charge in [-0.25, -0.2) is 4.98 Å². The summed E-state index contributed by atoms with van der Waals surface area (Å²) in [5, 5.41) is 3.50. The maximum Gasteiger partial charge on any atom is 0.0964 e. The Balaban J connectivity index is 0.00000147. The number of piperidine rings is 1.